The van der Waals surface area contributed by atoms with Crippen LogP contribution in [0.4, 0.5) is 0 Å². The van der Waals surface area contributed by atoms with Gasteiger partial charge in [0.2, 0.25) is 0 Å². The molecular weight excluding hydrogens is 280 g/mol. The Labute approximate surface area is 127 Å². The van der Waals surface area contributed by atoms with Crippen LogP contribution in [-0.4, -0.2) is 11.6 Å². The predicted octanol–water partition coefficient (Wildman–Crippen LogP) is 3.32. The number of amides is 1. The number of benzene rings is 1. The Kier molecular flexibility index (Phi) is 3.11. The SMILES string of the molecule is O=C(N/N=C1/CCc2ccccc21)c1cc2c(s1)CCC2. The van der Waals surface area contributed by atoms with E-state index < -0.39 is 0 Å². The summed E-state index contributed by atoms with van der Waals surface area (Å²) in [6, 6.07) is 10.3. The molecule has 0 bridgehead atoms. The van der Waals surface area contributed by atoms with Crippen LogP contribution in [0.25, 0.3) is 0 Å². The molecule has 2 aliphatic carbocycles. The molecule has 0 unspecified atom stereocenters. The van der Waals surface area contributed by atoms with Crippen LogP contribution in [0, 0.1) is 0 Å². The van der Waals surface area contributed by atoms with Crippen LogP contribution < -0.4 is 5.43 Å². The number of fused-ring (bicyclic) bond motifs is 2. The summed E-state index contributed by atoms with van der Waals surface area (Å²) in [5.74, 6) is -0.0775. The summed E-state index contributed by atoms with van der Waals surface area (Å²) in [7, 11) is 0. The van der Waals surface area contributed by atoms with Gasteiger partial charge >= 0.3 is 0 Å². The molecule has 21 heavy (non-hydrogen) atoms. The van der Waals surface area contributed by atoms with Crippen LogP contribution in [0.1, 0.15) is 44.1 Å². The number of aryl methyl sites for hydroxylation is 3. The second-order valence-corrected chi connectivity index (χ2v) is 6.71. The number of carbonyl (C=O) groups excluding carboxylic acids is 1. The number of thiophene rings is 1. The maximum absolute atomic E-state index is 12.2. The molecule has 4 rings (SSSR count). The van der Waals surface area contributed by atoms with Crippen LogP contribution in [0.15, 0.2) is 35.4 Å². The second-order valence-electron chi connectivity index (χ2n) is 5.57. The molecule has 2 aromatic rings. The first-order valence-corrected chi connectivity index (χ1v) is 8.19. The number of carbonyl (C=O) groups is 1. The Bertz CT molecular complexity index is 723. The van der Waals surface area contributed by atoms with Gasteiger partial charge in [0.05, 0.1) is 10.6 Å². The van der Waals surface area contributed by atoms with Crippen molar-refractivity contribution in [3.8, 4) is 0 Å². The Morgan fingerprint density at radius 2 is 2.00 bits per heavy atom. The maximum atomic E-state index is 12.2. The lowest BCUT2D eigenvalue weighted by molar-refractivity contribution is 0.0959. The van der Waals surface area contributed by atoms with Crippen molar-refractivity contribution >= 4 is 23.0 Å². The molecule has 1 aromatic heterocycles. The van der Waals surface area contributed by atoms with Crippen LogP contribution in [-0.2, 0) is 19.3 Å². The first-order chi connectivity index (χ1) is 10.3. The first kappa shape index (κ1) is 12.8. The van der Waals surface area contributed by atoms with Gasteiger partial charge in [-0.1, -0.05) is 24.3 Å². The van der Waals surface area contributed by atoms with Gasteiger partial charge in [-0.25, -0.2) is 5.43 Å². The molecule has 106 valence electrons. The second kappa shape index (κ2) is 5.11. The highest BCUT2D eigenvalue weighted by molar-refractivity contribution is 7.14. The van der Waals surface area contributed by atoms with E-state index in [0.717, 1.165) is 36.3 Å². The van der Waals surface area contributed by atoms with Crippen LogP contribution in [0.5, 0.6) is 0 Å². The van der Waals surface area contributed by atoms with E-state index in [2.05, 4.69) is 22.7 Å². The van der Waals surface area contributed by atoms with E-state index in [-0.39, 0.29) is 5.91 Å². The Hall–Kier alpha value is -1.94. The van der Waals surface area contributed by atoms with E-state index in [1.165, 1.54) is 28.0 Å². The zero-order valence-corrected chi connectivity index (χ0v) is 12.5. The third kappa shape index (κ3) is 2.29. The number of hydrazone groups is 1. The summed E-state index contributed by atoms with van der Waals surface area (Å²) in [5, 5.41) is 4.35. The van der Waals surface area contributed by atoms with E-state index in [1.54, 1.807) is 11.3 Å². The lowest BCUT2D eigenvalue weighted by Gasteiger charge is -2.01. The number of hydrogen-bond donors (Lipinski definition) is 1. The zero-order valence-electron chi connectivity index (χ0n) is 11.7. The average molecular weight is 296 g/mol. The highest BCUT2D eigenvalue weighted by atomic mass is 32.1. The smallest absolute Gasteiger partial charge is 0.266 e. The molecule has 0 atom stereocenters. The summed E-state index contributed by atoms with van der Waals surface area (Å²) in [4.78, 5) is 14.4. The molecule has 0 spiro atoms. The van der Waals surface area contributed by atoms with Gasteiger partial charge in [0.15, 0.2) is 0 Å². The molecule has 1 N–H and O–H groups in total. The van der Waals surface area contributed by atoms with Crippen molar-refractivity contribution in [2.45, 2.75) is 32.1 Å². The van der Waals surface area contributed by atoms with E-state index >= 15 is 0 Å². The molecule has 4 heteroatoms. The van der Waals surface area contributed by atoms with Gasteiger partial charge in [0.25, 0.3) is 5.91 Å². The minimum atomic E-state index is -0.0775. The normalized spacial score (nSPS) is 17.8. The number of rotatable bonds is 2. The maximum Gasteiger partial charge on any atom is 0.281 e. The quantitative estimate of drug-likeness (QED) is 0.849. The molecule has 1 aromatic carbocycles. The lowest BCUT2D eigenvalue weighted by Crippen LogP contribution is -2.18. The van der Waals surface area contributed by atoms with Crippen LogP contribution in [0.2, 0.25) is 0 Å². The number of nitrogens with one attached hydrogen (secondary N) is 1. The summed E-state index contributed by atoms with van der Waals surface area (Å²) in [5.41, 5.74) is 7.56. The summed E-state index contributed by atoms with van der Waals surface area (Å²) < 4.78 is 0. The predicted molar refractivity (Wildman–Crippen MR) is 85.1 cm³/mol. The molecule has 0 saturated heterocycles. The number of nitrogens with zero attached hydrogens (tertiary/aromatic N) is 1. The molecule has 2 aliphatic rings. The third-order valence-electron chi connectivity index (χ3n) is 4.22. The third-order valence-corrected chi connectivity index (χ3v) is 5.46. The van der Waals surface area contributed by atoms with Gasteiger partial charge < -0.3 is 0 Å². The van der Waals surface area contributed by atoms with E-state index in [0.29, 0.717) is 0 Å². The fourth-order valence-corrected chi connectivity index (χ4v) is 4.28. The van der Waals surface area contributed by atoms with Crippen molar-refractivity contribution in [3.05, 3.63) is 56.8 Å². The van der Waals surface area contributed by atoms with Gasteiger partial charge in [-0.3, -0.25) is 4.79 Å². The summed E-state index contributed by atoms with van der Waals surface area (Å²) in [6.07, 6.45) is 5.37. The van der Waals surface area contributed by atoms with E-state index in [4.69, 9.17) is 0 Å². The Morgan fingerprint density at radius 3 is 2.90 bits per heavy atom. The summed E-state index contributed by atoms with van der Waals surface area (Å²) >= 11 is 1.62. The molecule has 0 fully saturated rings. The average Bonchev–Trinajstić information content (AvgIpc) is 3.18. The van der Waals surface area contributed by atoms with Crippen molar-refractivity contribution in [1.29, 1.82) is 0 Å². The van der Waals surface area contributed by atoms with Crippen LogP contribution in [0.3, 0.4) is 0 Å². The Morgan fingerprint density at radius 1 is 1.10 bits per heavy atom. The largest absolute Gasteiger partial charge is 0.281 e. The van der Waals surface area contributed by atoms with Crippen molar-refractivity contribution in [2.75, 3.05) is 0 Å². The fraction of sp³-hybridized carbons (Fsp3) is 0.294. The standard InChI is InChI=1S/C17H16N2OS/c20-17(16-10-12-5-3-7-15(12)21-16)19-18-14-9-8-11-4-1-2-6-13(11)14/h1-2,4,6,10H,3,5,7-9H2,(H,19,20)/b18-14-. The zero-order chi connectivity index (χ0) is 14.2. The topological polar surface area (TPSA) is 41.5 Å². The van der Waals surface area contributed by atoms with Crippen molar-refractivity contribution in [1.82, 2.24) is 5.43 Å². The van der Waals surface area contributed by atoms with E-state index in [1.807, 2.05) is 18.2 Å². The Balaban J connectivity index is 1.51. The van der Waals surface area contributed by atoms with Gasteiger partial charge in [-0.05, 0) is 49.3 Å². The first-order valence-electron chi connectivity index (χ1n) is 7.38. The minimum Gasteiger partial charge on any atom is -0.266 e. The molecule has 0 saturated carbocycles. The van der Waals surface area contributed by atoms with Crippen molar-refractivity contribution in [3.63, 3.8) is 0 Å². The van der Waals surface area contributed by atoms with Crippen LogP contribution >= 0.6 is 11.3 Å². The van der Waals surface area contributed by atoms with Gasteiger partial charge in [0, 0.05) is 10.4 Å². The molecular formula is C17H16N2OS. The molecule has 3 nitrogen and oxygen atoms in total. The monoisotopic (exact) mass is 296 g/mol. The molecule has 1 heterocycles. The van der Waals surface area contributed by atoms with Gasteiger partial charge in [0.1, 0.15) is 0 Å². The fourth-order valence-electron chi connectivity index (χ4n) is 3.14. The molecule has 1 amide bonds. The molecule has 0 aliphatic heterocycles. The highest BCUT2D eigenvalue weighted by Crippen LogP contribution is 2.30. The molecule has 0 radical (unpaired) electrons. The van der Waals surface area contributed by atoms with Gasteiger partial charge in [-0.2, -0.15) is 5.10 Å². The lowest BCUT2D eigenvalue weighted by atomic mass is 10.1. The van der Waals surface area contributed by atoms with Gasteiger partial charge in [-0.15, -0.1) is 11.3 Å². The summed E-state index contributed by atoms with van der Waals surface area (Å²) in [6.45, 7) is 0. The minimum absolute atomic E-state index is 0.0775. The van der Waals surface area contributed by atoms with E-state index in [9.17, 15) is 4.79 Å². The number of hydrogen-bond acceptors (Lipinski definition) is 3. The van der Waals surface area contributed by atoms with Crippen molar-refractivity contribution < 1.29 is 4.79 Å². The van der Waals surface area contributed by atoms with Crippen molar-refractivity contribution in [2.24, 2.45) is 5.10 Å². The highest BCUT2D eigenvalue weighted by Gasteiger charge is 2.20.